The van der Waals surface area contributed by atoms with Gasteiger partial charge >= 0.3 is 23.8 Å². The van der Waals surface area contributed by atoms with Gasteiger partial charge < -0.3 is 4.84 Å². The Morgan fingerprint density at radius 1 is 1.38 bits per heavy atom. The number of rotatable bonds is 4. The summed E-state index contributed by atoms with van der Waals surface area (Å²) >= 11 is 0. The van der Waals surface area contributed by atoms with Gasteiger partial charge in [-0.3, -0.25) is 24.2 Å². The lowest BCUT2D eigenvalue weighted by molar-refractivity contribution is -0.152. The molecule has 0 unspecified atom stereocenters. The van der Waals surface area contributed by atoms with Gasteiger partial charge in [0.25, 0.3) is 0 Å². The SMILES string of the molecule is CN1C(=O)C(=O)N(CCC(=O)ONN)C1=O. The minimum Gasteiger partial charge on any atom is -0.356 e. The van der Waals surface area contributed by atoms with Crippen LogP contribution in [0.2, 0.25) is 0 Å². The third-order valence-electron chi connectivity index (χ3n) is 1.96. The Morgan fingerprint density at radius 3 is 2.44 bits per heavy atom. The summed E-state index contributed by atoms with van der Waals surface area (Å²) in [5, 5.41) is 0. The topological polar surface area (TPSA) is 122 Å². The highest BCUT2D eigenvalue weighted by molar-refractivity contribution is 6.44. The largest absolute Gasteiger partial charge is 0.356 e. The molecule has 0 bridgehead atoms. The molecule has 0 spiro atoms. The Kier molecular flexibility index (Phi) is 3.53. The van der Waals surface area contributed by atoms with Crippen molar-refractivity contribution in [3.8, 4) is 0 Å². The number of hydrogen-bond donors (Lipinski definition) is 2. The molecule has 1 aliphatic rings. The van der Waals surface area contributed by atoms with Crippen LogP contribution < -0.4 is 11.4 Å². The summed E-state index contributed by atoms with van der Waals surface area (Å²) < 4.78 is 0. The molecule has 0 aromatic carbocycles. The summed E-state index contributed by atoms with van der Waals surface area (Å²) in [5.41, 5.74) is 1.67. The van der Waals surface area contributed by atoms with E-state index in [0.29, 0.717) is 9.80 Å². The molecule has 0 atom stereocenters. The highest BCUT2D eigenvalue weighted by Crippen LogP contribution is 2.09. The van der Waals surface area contributed by atoms with E-state index in [-0.39, 0.29) is 13.0 Å². The van der Waals surface area contributed by atoms with Gasteiger partial charge in [0, 0.05) is 13.6 Å². The number of hydrazine groups is 1. The Hall–Kier alpha value is -2.00. The lowest BCUT2D eigenvalue weighted by Gasteiger charge is -2.11. The van der Waals surface area contributed by atoms with Gasteiger partial charge in [0.2, 0.25) is 0 Å². The standard InChI is InChI=1S/C7H10N4O5/c1-10-5(13)6(14)11(7(10)15)3-2-4(12)16-9-8/h9H,2-3,8H2,1H3. The molecule has 3 N–H and O–H groups in total. The maximum atomic E-state index is 11.3. The van der Waals surface area contributed by atoms with E-state index in [1.807, 2.05) is 0 Å². The summed E-state index contributed by atoms with van der Waals surface area (Å²) in [6, 6.07) is -0.761. The number of amides is 4. The van der Waals surface area contributed by atoms with Crippen molar-refractivity contribution >= 4 is 23.8 Å². The Labute approximate surface area is 90.0 Å². The van der Waals surface area contributed by atoms with Gasteiger partial charge in [-0.15, -0.1) is 0 Å². The number of nitrogens with one attached hydrogen (secondary N) is 1. The van der Waals surface area contributed by atoms with E-state index < -0.39 is 23.8 Å². The van der Waals surface area contributed by atoms with Crippen LogP contribution in [0.5, 0.6) is 0 Å². The molecule has 0 radical (unpaired) electrons. The molecule has 0 saturated carbocycles. The first-order valence-corrected chi connectivity index (χ1v) is 4.27. The van der Waals surface area contributed by atoms with Crippen LogP contribution in [0.3, 0.4) is 0 Å². The number of nitrogens with zero attached hydrogens (tertiary/aromatic N) is 2. The maximum absolute atomic E-state index is 11.3. The molecule has 1 heterocycles. The van der Waals surface area contributed by atoms with Crippen molar-refractivity contribution in [1.29, 1.82) is 0 Å². The summed E-state index contributed by atoms with van der Waals surface area (Å²) in [6.07, 6.45) is -0.247. The highest BCUT2D eigenvalue weighted by atomic mass is 16.7. The first-order chi connectivity index (χ1) is 7.49. The molecule has 1 rings (SSSR count). The third-order valence-corrected chi connectivity index (χ3v) is 1.96. The van der Waals surface area contributed by atoms with Crippen molar-refractivity contribution in [1.82, 2.24) is 15.4 Å². The first-order valence-electron chi connectivity index (χ1n) is 4.27. The van der Waals surface area contributed by atoms with Crippen LogP contribution in [0.1, 0.15) is 6.42 Å². The zero-order valence-electron chi connectivity index (χ0n) is 8.43. The van der Waals surface area contributed by atoms with Crippen LogP contribution in [0.15, 0.2) is 0 Å². The second-order valence-corrected chi connectivity index (χ2v) is 2.95. The molecule has 4 amide bonds. The number of hydrogen-bond acceptors (Lipinski definition) is 7. The summed E-state index contributed by atoms with van der Waals surface area (Å²) in [5.74, 6) is 2.09. The summed E-state index contributed by atoms with van der Waals surface area (Å²) in [6.45, 7) is -0.228. The van der Waals surface area contributed by atoms with Crippen molar-refractivity contribution in [2.75, 3.05) is 13.6 Å². The molecule has 1 fully saturated rings. The quantitative estimate of drug-likeness (QED) is 0.241. The second kappa shape index (κ2) is 4.68. The fourth-order valence-corrected chi connectivity index (χ4v) is 1.13. The smallest absolute Gasteiger partial charge is 0.333 e. The van der Waals surface area contributed by atoms with Gasteiger partial charge in [0.1, 0.15) is 0 Å². The zero-order valence-corrected chi connectivity index (χ0v) is 8.43. The van der Waals surface area contributed by atoms with Gasteiger partial charge in [-0.1, -0.05) is 5.59 Å². The molecule has 0 aromatic rings. The number of carbonyl (C=O) groups excluding carboxylic acids is 4. The molecular weight excluding hydrogens is 220 g/mol. The molecule has 0 aliphatic carbocycles. The van der Waals surface area contributed by atoms with Gasteiger partial charge in [0.15, 0.2) is 0 Å². The zero-order chi connectivity index (χ0) is 12.3. The summed E-state index contributed by atoms with van der Waals surface area (Å²) in [7, 11) is 1.18. The predicted octanol–water partition coefficient (Wildman–Crippen LogP) is -2.28. The molecule has 1 saturated heterocycles. The fourth-order valence-electron chi connectivity index (χ4n) is 1.13. The Balaban J connectivity index is 2.55. The van der Waals surface area contributed by atoms with Crippen LogP contribution in [0.4, 0.5) is 4.79 Å². The van der Waals surface area contributed by atoms with Gasteiger partial charge in [-0.25, -0.2) is 10.6 Å². The average Bonchev–Trinajstić information content (AvgIpc) is 2.42. The third kappa shape index (κ3) is 2.15. The van der Waals surface area contributed by atoms with Gasteiger partial charge in [-0.05, 0) is 0 Å². The van der Waals surface area contributed by atoms with Crippen molar-refractivity contribution in [2.24, 2.45) is 5.84 Å². The summed E-state index contributed by atoms with van der Waals surface area (Å²) in [4.78, 5) is 50.0. The molecule has 16 heavy (non-hydrogen) atoms. The lowest BCUT2D eigenvalue weighted by Crippen LogP contribution is -2.35. The van der Waals surface area contributed by atoms with Crippen LogP contribution in [0, 0.1) is 0 Å². The van der Waals surface area contributed by atoms with E-state index in [1.54, 1.807) is 5.59 Å². The molecule has 9 heteroatoms. The Bertz CT molecular complexity index is 355. The van der Waals surface area contributed by atoms with Crippen LogP contribution in [0.25, 0.3) is 0 Å². The predicted molar refractivity (Wildman–Crippen MR) is 47.9 cm³/mol. The number of urea groups is 1. The number of carbonyl (C=O) groups is 4. The van der Waals surface area contributed by atoms with E-state index in [2.05, 4.69) is 4.84 Å². The lowest BCUT2D eigenvalue weighted by atomic mass is 10.4. The minimum atomic E-state index is -0.957. The normalized spacial score (nSPS) is 16.0. The van der Waals surface area contributed by atoms with Crippen molar-refractivity contribution in [2.45, 2.75) is 6.42 Å². The maximum Gasteiger partial charge on any atom is 0.333 e. The van der Waals surface area contributed by atoms with Gasteiger partial charge in [-0.2, -0.15) is 0 Å². The van der Waals surface area contributed by atoms with E-state index >= 15 is 0 Å². The van der Waals surface area contributed by atoms with E-state index in [0.717, 1.165) is 0 Å². The molecular formula is C7H10N4O5. The number of likely N-dealkylation sites (N-methyl/N-ethyl adjacent to an activating group) is 1. The minimum absolute atomic E-state index is 0.228. The van der Waals surface area contributed by atoms with E-state index in [1.165, 1.54) is 7.05 Å². The van der Waals surface area contributed by atoms with Crippen LogP contribution in [-0.4, -0.2) is 47.2 Å². The number of nitrogens with two attached hydrogens (primary N) is 1. The molecule has 0 aromatic heterocycles. The van der Waals surface area contributed by atoms with Crippen molar-refractivity contribution < 1.29 is 24.0 Å². The molecule has 9 nitrogen and oxygen atoms in total. The fraction of sp³-hybridized carbons (Fsp3) is 0.429. The molecule has 88 valence electrons. The van der Waals surface area contributed by atoms with Gasteiger partial charge in [0.05, 0.1) is 6.42 Å². The van der Waals surface area contributed by atoms with Crippen LogP contribution >= 0.6 is 0 Å². The second-order valence-electron chi connectivity index (χ2n) is 2.95. The van der Waals surface area contributed by atoms with Crippen LogP contribution in [-0.2, 0) is 19.2 Å². The molecule has 1 aliphatic heterocycles. The average molecular weight is 230 g/mol. The first kappa shape index (κ1) is 12.1. The highest BCUT2D eigenvalue weighted by Gasteiger charge is 2.41. The van der Waals surface area contributed by atoms with Crippen molar-refractivity contribution in [3.05, 3.63) is 0 Å². The Morgan fingerprint density at radius 2 is 2.00 bits per heavy atom. The number of imide groups is 2. The van der Waals surface area contributed by atoms with Crippen molar-refractivity contribution in [3.63, 3.8) is 0 Å². The monoisotopic (exact) mass is 230 g/mol. The van der Waals surface area contributed by atoms with E-state index in [4.69, 9.17) is 5.84 Å². The van der Waals surface area contributed by atoms with E-state index in [9.17, 15) is 19.2 Å².